The number of aliphatic hydroxyl groups is 1. The Bertz CT molecular complexity index is 849. The highest BCUT2D eigenvalue weighted by atomic mass is 16.6. The van der Waals surface area contributed by atoms with Gasteiger partial charge >= 0.3 is 0 Å². The van der Waals surface area contributed by atoms with Crippen molar-refractivity contribution in [2.75, 3.05) is 0 Å². The quantitative estimate of drug-likeness (QED) is 0.704. The first-order valence-electron chi connectivity index (χ1n) is 11.3. The molecule has 2 heterocycles. The Labute approximate surface area is 174 Å². The third kappa shape index (κ3) is 2.48. The minimum atomic E-state index is -0.837. The summed E-state index contributed by atoms with van der Waals surface area (Å²) in [6, 6.07) is 0. The van der Waals surface area contributed by atoms with Crippen LogP contribution in [-0.2, 0) is 14.3 Å². The molecule has 29 heavy (non-hydrogen) atoms. The lowest BCUT2D eigenvalue weighted by Gasteiger charge is -2.45. The zero-order chi connectivity index (χ0) is 20.8. The number of fused-ring (bicyclic) bond motifs is 3. The van der Waals surface area contributed by atoms with E-state index in [1.54, 1.807) is 6.08 Å². The molecular weight excluding hydrogens is 364 g/mol. The van der Waals surface area contributed by atoms with Gasteiger partial charge in [-0.3, -0.25) is 4.79 Å². The number of hydrogen-bond acceptors (Lipinski definition) is 4. The van der Waals surface area contributed by atoms with Crippen molar-refractivity contribution in [3.05, 3.63) is 35.6 Å². The fourth-order valence-corrected chi connectivity index (χ4v) is 6.85. The smallest absolute Gasteiger partial charge is 0.188 e. The lowest BCUT2D eigenvalue weighted by molar-refractivity contribution is -0.130. The third-order valence-electron chi connectivity index (χ3n) is 8.76. The van der Waals surface area contributed by atoms with Crippen LogP contribution in [0.4, 0.5) is 0 Å². The van der Waals surface area contributed by atoms with Crippen LogP contribution in [0.15, 0.2) is 35.6 Å². The largest absolute Gasteiger partial charge is 0.487 e. The van der Waals surface area contributed by atoms with Crippen molar-refractivity contribution in [1.29, 1.82) is 0 Å². The molecule has 3 aliphatic carbocycles. The molecular formula is C25H34O4. The van der Waals surface area contributed by atoms with E-state index >= 15 is 0 Å². The van der Waals surface area contributed by atoms with Crippen molar-refractivity contribution in [3.8, 4) is 0 Å². The molecule has 1 saturated heterocycles. The number of aliphatic hydroxyl groups excluding tert-OH is 1. The predicted octanol–water partition coefficient (Wildman–Crippen LogP) is 4.63. The molecule has 2 spiro atoms. The van der Waals surface area contributed by atoms with Crippen molar-refractivity contribution in [3.63, 3.8) is 0 Å². The van der Waals surface area contributed by atoms with E-state index < -0.39 is 17.3 Å². The number of rotatable bonds is 3. The molecule has 0 aromatic rings. The molecule has 0 aromatic heterocycles. The molecule has 158 valence electrons. The average Bonchev–Trinajstić information content (AvgIpc) is 3.28. The van der Waals surface area contributed by atoms with Gasteiger partial charge in [0.05, 0.1) is 11.7 Å². The van der Waals surface area contributed by atoms with Gasteiger partial charge in [0, 0.05) is 23.5 Å². The summed E-state index contributed by atoms with van der Waals surface area (Å²) in [5.41, 5.74) is 0.222. The molecule has 5 aliphatic rings. The zero-order valence-corrected chi connectivity index (χ0v) is 18.2. The van der Waals surface area contributed by atoms with Crippen LogP contribution >= 0.6 is 0 Å². The van der Waals surface area contributed by atoms with E-state index in [9.17, 15) is 9.90 Å². The van der Waals surface area contributed by atoms with Gasteiger partial charge < -0.3 is 14.6 Å². The van der Waals surface area contributed by atoms with Gasteiger partial charge in [-0.15, -0.1) is 6.58 Å². The fraction of sp³-hybridized carbons (Fsp3) is 0.720. The second-order valence-corrected chi connectivity index (χ2v) is 10.9. The molecule has 4 heteroatoms. The van der Waals surface area contributed by atoms with Crippen LogP contribution in [0, 0.1) is 17.3 Å². The summed E-state index contributed by atoms with van der Waals surface area (Å²) < 4.78 is 13.4. The number of hydrogen-bond donors (Lipinski definition) is 1. The van der Waals surface area contributed by atoms with Crippen LogP contribution in [0.1, 0.15) is 72.6 Å². The molecule has 0 amide bonds. The van der Waals surface area contributed by atoms with E-state index in [1.807, 2.05) is 19.9 Å². The van der Waals surface area contributed by atoms with Gasteiger partial charge in [-0.1, -0.05) is 19.9 Å². The number of carbonyl (C=O) groups excluding carboxylic acids is 1. The first-order valence-corrected chi connectivity index (χ1v) is 11.3. The van der Waals surface area contributed by atoms with Gasteiger partial charge in [-0.2, -0.15) is 0 Å². The van der Waals surface area contributed by atoms with Crippen LogP contribution in [0.25, 0.3) is 0 Å². The minimum absolute atomic E-state index is 0.0760. The zero-order valence-electron chi connectivity index (χ0n) is 18.2. The molecule has 1 unspecified atom stereocenters. The molecule has 4 nitrogen and oxygen atoms in total. The maximum atomic E-state index is 13.2. The molecule has 2 saturated carbocycles. The van der Waals surface area contributed by atoms with Crippen LogP contribution in [0.2, 0.25) is 0 Å². The van der Waals surface area contributed by atoms with Crippen molar-refractivity contribution < 1.29 is 19.4 Å². The Balaban J connectivity index is 1.56. The fourth-order valence-electron chi connectivity index (χ4n) is 6.85. The minimum Gasteiger partial charge on any atom is -0.487 e. The van der Waals surface area contributed by atoms with E-state index in [0.29, 0.717) is 35.9 Å². The summed E-state index contributed by atoms with van der Waals surface area (Å²) in [6.07, 6.45) is 9.22. The lowest BCUT2D eigenvalue weighted by atomic mass is 9.76. The highest BCUT2D eigenvalue weighted by Gasteiger charge is 2.72. The van der Waals surface area contributed by atoms with Gasteiger partial charge in [-0.25, -0.2) is 0 Å². The van der Waals surface area contributed by atoms with Gasteiger partial charge in [0.15, 0.2) is 5.78 Å². The van der Waals surface area contributed by atoms with E-state index in [2.05, 4.69) is 20.4 Å². The Morgan fingerprint density at radius 2 is 2.03 bits per heavy atom. The molecule has 1 N–H and O–H groups in total. The molecule has 0 radical (unpaired) electrons. The maximum absolute atomic E-state index is 13.2. The molecule has 5 atom stereocenters. The summed E-state index contributed by atoms with van der Waals surface area (Å²) in [6.45, 7) is 12.3. The van der Waals surface area contributed by atoms with E-state index in [-0.39, 0.29) is 11.4 Å². The van der Waals surface area contributed by atoms with Crippen LogP contribution in [0.5, 0.6) is 0 Å². The number of carbonyl (C=O) groups is 1. The molecule has 3 fully saturated rings. The molecule has 0 bridgehead atoms. The molecule has 5 rings (SSSR count). The SMILES string of the molecule is C=CCC1=C[C@]2(C[C@@H](O)C(C)(C)O2)C2=C(CCC3(CC[C@@]4(C(C)C)C[C@@H]34)O2)C1=O. The second kappa shape index (κ2) is 5.85. The van der Waals surface area contributed by atoms with E-state index in [0.717, 1.165) is 30.4 Å². The first-order chi connectivity index (χ1) is 13.6. The Morgan fingerprint density at radius 1 is 1.28 bits per heavy atom. The van der Waals surface area contributed by atoms with Gasteiger partial charge in [0.1, 0.15) is 17.0 Å². The Kier molecular flexibility index (Phi) is 3.95. The number of ether oxygens (including phenoxy) is 2. The monoisotopic (exact) mass is 398 g/mol. The summed E-state index contributed by atoms with van der Waals surface area (Å²) in [5, 5.41) is 10.7. The summed E-state index contributed by atoms with van der Waals surface area (Å²) in [7, 11) is 0. The number of Topliss-reactive ketones (excluding diaryl/α,β-unsaturated/α-hetero) is 1. The molecule has 2 aliphatic heterocycles. The van der Waals surface area contributed by atoms with Crippen molar-refractivity contribution in [1.82, 2.24) is 0 Å². The maximum Gasteiger partial charge on any atom is 0.188 e. The van der Waals surface area contributed by atoms with Gasteiger partial charge in [0.25, 0.3) is 0 Å². The predicted molar refractivity (Wildman–Crippen MR) is 111 cm³/mol. The van der Waals surface area contributed by atoms with E-state index in [4.69, 9.17) is 9.47 Å². The number of ketones is 1. The molecule has 0 aromatic carbocycles. The Morgan fingerprint density at radius 3 is 2.59 bits per heavy atom. The third-order valence-corrected chi connectivity index (χ3v) is 8.76. The van der Waals surface area contributed by atoms with E-state index in [1.165, 1.54) is 12.8 Å². The summed E-state index contributed by atoms with van der Waals surface area (Å²) in [4.78, 5) is 13.2. The lowest BCUT2D eigenvalue weighted by Crippen LogP contribution is -2.47. The normalized spacial score (nSPS) is 44.8. The van der Waals surface area contributed by atoms with Crippen molar-refractivity contribution in [2.45, 2.75) is 95.5 Å². The number of allylic oxidation sites excluding steroid dienone is 3. The standard InChI is InChI=1S/C25H34O4/c1-6-7-16-12-25(14-19(26)22(4,5)29-25)21-17(20(16)27)8-9-24(28-21)11-10-23(15(2)3)13-18(23)24/h6,12,15,18-19,26H,1,7-11,13-14H2,2-5H3/t18-,19-,23+,24?,25+/m1/s1. The van der Waals surface area contributed by atoms with Crippen LogP contribution in [0.3, 0.4) is 0 Å². The highest BCUT2D eigenvalue weighted by molar-refractivity contribution is 6.10. The van der Waals surface area contributed by atoms with Gasteiger partial charge in [0.2, 0.25) is 0 Å². The first kappa shape index (κ1) is 19.6. The van der Waals surface area contributed by atoms with Crippen molar-refractivity contribution in [2.24, 2.45) is 17.3 Å². The topological polar surface area (TPSA) is 55.8 Å². The van der Waals surface area contributed by atoms with Crippen LogP contribution < -0.4 is 0 Å². The Hall–Kier alpha value is -1.39. The van der Waals surface area contributed by atoms with Gasteiger partial charge in [-0.05, 0) is 69.8 Å². The van der Waals surface area contributed by atoms with Crippen LogP contribution in [-0.4, -0.2) is 33.8 Å². The average molecular weight is 399 g/mol. The van der Waals surface area contributed by atoms with Crippen molar-refractivity contribution >= 4 is 5.78 Å². The summed E-state index contributed by atoms with van der Waals surface area (Å²) in [5.74, 6) is 2.02. The summed E-state index contributed by atoms with van der Waals surface area (Å²) >= 11 is 0. The highest BCUT2D eigenvalue weighted by Crippen LogP contribution is 2.74. The second-order valence-electron chi connectivity index (χ2n) is 10.9.